The first-order valence-corrected chi connectivity index (χ1v) is 13.8. The van der Waals surface area contributed by atoms with Gasteiger partial charge >= 0.3 is 5.97 Å². The average Bonchev–Trinajstić information content (AvgIpc) is 3.16. The Kier molecular flexibility index (Phi) is 7.84. The minimum Gasteiger partial charge on any atom is -0.465 e. The fourth-order valence-electron chi connectivity index (χ4n) is 6.77. The van der Waals surface area contributed by atoms with Crippen molar-refractivity contribution in [1.29, 1.82) is 0 Å². The summed E-state index contributed by atoms with van der Waals surface area (Å²) in [7, 11) is 0. The predicted molar refractivity (Wildman–Crippen MR) is 137 cm³/mol. The van der Waals surface area contributed by atoms with Crippen molar-refractivity contribution in [2.24, 2.45) is 11.3 Å². The summed E-state index contributed by atoms with van der Waals surface area (Å²) in [4.78, 5) is 35.4. The van der Waals surface area contributed by atoms with Crippen molar-refractivity contribution < 1.29 is 23.6 Å². The highest BCUT2D eigenvalue weighted by atomic mass is 19.1. The van der Waals surface area contributed by atoms with Crippen molar-refractivity contribution in [2.75, 3.05) is 31.6 Å². The molecule has 1 atom stereocenters. The number of nitrogens with one attached hydrogen (secondary N) is 2. The van der Waals surface area contributed by atoms with Gasteiger partial charge in [0.2, 0.25) is 0 Å². The molecule has 1 unspecified atom stereocenters. The Morgan fingerprint density at radius 1 is 1.05 bits per heavy atom. The van der Waals surface area contributed by atoms with E-state index in [1.54, 1.807) is 24.7 Å². The van der Waals surface area contributed by atoms with E-state index in [0.29, 0.717) is 24.9 Å². The largest absolute Gasteiger partial charge is 0.465 e. The molecule has 1 amide bonds. The summed E-state index contributed by atoms with van der Waals surface area (Å²) in [5.74, 6) is 0.321. The van der Waals surface area contributed by atoms with E-state index >= 15 is 0 Å². The summed E-state index contributed by atoms with van der Waals surface area (Å²) in [5, 5.41) is 2.82. The monoisotopic (exact) mass is 509 g/mol. The number of nitrogens with zero attached hydrogens (tertiary/aromatic N) is 2. The minimum atomic E-state index is -0.737. The van der Waals surface area contributed by atoms with E-state index < -0.39 is 5.41 Å². The van der Waals surface area contributed by atoms with Crippen LogP contribution in [0.1, 0.15) is 69.8 Å². The number of halogens is 1. The van der Waals surface area contributed by atoms with Crippen LogP contribution >= 0.6 is 0 Å². The second-order valence-corrected chi connectivity index (χ2v) is 11.3. The number of esters is 1. The van der Waals surface area contributed by atoms with Gasteiger partial charge in [-0.15, -0.1) is 0 Å². The Morgan fingerprint density at radius 3 is 2.49 bits per heavy atom. The van der Waals surface area contributed by atoms with E-state index in [-0.39, 0.29) is 23.1 Å². The Morgan fingerprint density at radius 2 is 1.84 bits per heavy atom. The normalized spacial score (nSPS) is 27.1. The summed E-state index contributed by atoms with van der Waals surface area (Å²) in [5.41, 5.74) is 0.236. The number of benzene rings is 1. The van der Waals surface area contributed by atoms with Crippen LogP contribution < -0.4 is 10.2 Å². The molecular formula is C29H38FN4O3+. The maximum absolute atomic E-state index is 14.1. The molecule has 5 rings (SSSR count). The fraction of sp³-hybridized carbons (Fsp3) is 0.586. The number of amides is 1. The van der Waals surface area contributed by atoms with Crippen LogP contribution in [0.2, 0.25) is 0 Å². The van der Waals surface area contributed by atoms with Gasteiger partial charge in [-0.3, -0.25) is 14.6 Å². The zero-order chi connectivity index (χ0) is 25.7. The van der Waals surface area contributed by atoms with Crippen molar-refractivity contribution in [3.05, 3.63) is 54.2 Å². The molecule has 7 nitrogen and oxygen atoms in total. The van der Waals surface area contributed by atoms with Gasteiger partial charge in [0.1, 0.15) is 5.82 Å². The van der Waals surface area contributed by atoms with Gasteiger partial charge in [0.05, 0.1) is 31.3 Å². The summed E-state index contributed by atoms with van der Waals surface area (Å²) >= 11 is 0. The smallest absolute Gasteiger partial charge is 0.316 e. The van der Waals surface area contributed by atoms with Crippen LogP contribution in [0.5, 0.6) is 0 Å². The summed E-state index contributed by atoms with van der Waals surface area (Å²) in [6, 6.07) is 6.55. The van der Waals surface area contributed by atoms with E-state index in [4.69, 9.17) is 4.74 Å². The van der Waals surface area contributed by atoms with Crippen LogP contribution in [0.15, 0.2) is 42.9 Å². The second-order valence-electron chi connectivity index (χ2n) is 11.3. The quantitative estimate of drug-likeness (QED) is 0.441. The topological polar surface area (TPSA) is 85.6 Å². The van der Waals surface area contributed by atoms with Crippen LogP contribution in [-0.2, 0) is 19.7 Å². The first-order chi connectivity index (χ1) is 18.0. The lowest BCUT2D eigenvalue weighted by Gasteiger charge is -2.52. The molecule has 0 radical (unpaired) electrons. The van der Waals surface area contributed by atoms with Gasteiger partial charge in [-0.05, 0) is 54.7 Å². The Hall–Kier alpha value is -2.87. The molecule has 0 bridgehead atoms. The van der Waals surface area contributed by atoms with Crippen molar-refractivity contribution >= 4 is 17.7 Å². The molecule has 1 aromatic carbocycles. The van der Waals surface area contributed by atoms with E-state index in [0.717, 1.165) is 82.9 Å². The molecule has 2 aromatic rings. The number of piperidine rings is 1. The number of aromatic nitrogens is 2. The molecule has 3 fully saturated rings. The number of hydrogen-bond donors (Lipinski definition) is 2. The van der Waals surface area contributed by atoms with Crippen molar-refractivity contribution in [2.45, 2.75) is 69.6 Å². The molecule has 2 heterocycles. The fourth-order valence-corrected chi connectivity index (χ4v) is 6.77. The molecular weight excluding hydrogens is 471 g/mol. The van der Waals surface area contributed by atoms with E-state index in [9.17, 15) is 14.0 Å². The van der Waals surface area contributed by atoms with E-state index in [1.807, 2.05) is 6.07 Å². The average molecular weight is 510 g/mol. The maximum Gasteiger partial charge on any atom is 0.316 e. The molecule has 8 heteroatoms. The number of hydrogen-bond acceptors (Lipinski definition) is 5. The van der Waals surface area contributed by atoms with E-state index in [1.165, 1.54) is 17.0 Å². The van der Waals surface area contributed by atoms with Gasteiger partial charge in [0.15, 0.2) is 12.4 Å². The number of ether oxygens (including phenoxy) is 1. The number of anilines is 1. The Labute approximate surface area is 218 Å². The molecule has 3 aliphatic rings. The van der Waals surface area contributed by atoms with Crippen LogP contribution in [0.25, 0.3) is 0 Å². The molecule has 1 aliphatic heterocycles. The number of carbonyl (C=O) groups excluding carboxylic acids is 2. The lowest BCUT2D eigenvalue weighted by Crippen LogP contribution is -3.14. The lowest BCUT2D eigenvalue weighted by molar-refractivity contribution is -0.900. The molecule has 1 saturated heterocycles. The number of carbonyl (C=O) groups is 2. The molecule has 1 spiro atoms. The van der Waals surface area contributed by atoms with Crippen LogP contribution in [-0.4, -0.2) is 48.1 Å². The minimum absolute atomic E-state index is 0.0448. The number of quaternary nitrogens is 1. The molecule has 37 heavy (non-hydrogen) atoms. The number of likely N-dealkylation sites (tertiary alicyclic amines) is 1. The van der Waals surface area contributed by atoms with Gasteiger partial charge in [-0.25, -0.2) is 9.37 Å². The standard InChI is InChI=1S/C29H37FN4O3/c30-24-7-5-6-22(18-24)29(9-3-1-2-4-10-29)27(36)37-21-23-8-11-28(23)12-16-34(17-13-28)20-26(35)33-25-19-31-14-15-32-25/h5-7,14-15,18-19,23H,1-4,8-13,16-17,20-21H2,(H,32,33,35)/p+1. The predicted octanol–water partition coefficient (Wildman–Crippen LogP) is 3.46. The molecule has 2 N–H and O–H groups in total. The van der Waals surface area contributed by atoms with Crippen LogP contribution in [0, 0.1) is 17.2 Å². The molecule has 2 aliphatic carbocycles. The highest BCUT2D eigenvalue weighted by molar-refractivity contribution is 5.90. The molecule has 1 aromatic heterocycles. The van der Waals surface area contributed by atoms with Gasteiger partial charge in [-0.1, -0.05) is 37.8 Å². The lowest BCUT2D eigenvalue weighted by atomic mass is 9.56. The third-order valence-electron chi connectivity index (χ3n) is 9.19. The Bertz CT molecular complexity index is 1080. The van der Waals surface area contributed by atoms with Crippen molar-refractivity contribution in [1.82, 2.24) is 9.97 Å². The van der Waals surface area contributed by atoms with E-state index in [2.05, 4.69) is 15.3 Å². The number of rotatable bonds is 7. The third-order valence-corrected chi connectivity index (χ3v) is 9.19. The zero-order valence-corrected chi connectivity index (χ0v) is 21.5. The molecule has 198 valence electrons. The highest BCUT2D eigenvalue weighted by Gasteiger charge is 2.51. The van der Waals surface area contributed by atoms with Gasteiger partial charge in [-0.2, -0.15) is 0 Å². The Balaban J connectivity index is 1.15. The zero-order valence-electron chi connectivity index (χ0n) is 21.5. The van der Waals surface area contributed by atoms with Crippen LogP contribution in [0.4, 0.5) is 10.2 Å². The molecule has 2 saturated carbocycles. The first kappa shape index (κ1) is 25.8. The SMILES string of the molecule is O=C(C[NH+]1CCC2(CCC2COC(=O)C2(c3cccc(F)c3)CCCCCC2)CC1)Nc1cnccn1. The van der Waals surface area contributed by atoms with Crippen LogP contribution in [0.3, 0.4) is 0 Å². The van der Waals surface area contributed by atoms with Crippen molar-refractivity contribution in [3.63, 3.8) is 0 Å². The highest BCUT2D eigenvalue weighted by Crippen LogP contribution is 2.52. The second kappa shape index (κ2) is 11.3. The van der Waals surface area contributed by atoms with Gasteiger partial charge < -0.3 is 15.0 Å². The van der Waals surface area contributed by atoms with Crippen molar-refractivity contribution in [3.8, 4) is 0 Å². The first-order valence-electron chi connectivity index (χ1n) is 13.8. The van der Waals surface area contributed by atoms with Gasteiger partial charge in [0.25, 0.3) is 5.91 Å². The summed E-state index contributed by atoms with van der Waals surface area (Å²) in [6.07, 6.45) is 14.6. The summed E-state index contributed by atoms with van der Waals surface area (Å²) < 4.78 is 20.2. The summed E-state index contributed by atoms with van der Waals surface area (Å²) in [6.45, 7) is 2.73. The maximum atomic E-state index is 14.1. The van der Waals surface area contributed by atoms with Gasteiger partial charge in [0, 0.05) is 25.2 Å². The third kappa shape index (κ3) is 5.69.